The van der Waals surface area contributed by atoms with Crippen LogP contribution in [-0.2, 0) is 14.8 Å². The van der Waals surface area contributed by atoms with Crippen LogP contribution in [0.25, 0.3) is 0 Å². The Balaban J connectivity index is 0.00000392. The molecule has 166 valence electrons. The minimum Gasteiger partial charge on any atom is -0.376 e. The van der Waals surface area contributed by atoms with E-state index in [2.05, 4.69) is 15.6 Å². The van der Waals surface area contributed by atoms with Crippen LogP contribution in [0.5, 0.6) is 0 Å². The number of nitrogens with zero attached hydrogens (tertiary/aromatic N) is 2. The lowest BCUT2D eigenvalue weighted by molar-refractivity contribution is 0.0487. The van der Waals surface area contributed by atoms with Gasteiger partial charge in [0.15, 0.2) is 5.96 Å². The Labute approximate surface area is 192 Å². The second-order valence-electron chi connectivity index (χ2n) is 7.00. The highest BCUT2D eigenvalue weighted by molar-refractivity contribution is 14.0. The number of thioether (sulfide) groups is 1. The normalized spacial score (nSPS) is 20.2. The van der Waals surface area contributed by atoms with E-state index in [9.17, 15) is 8.42 Å². The first-order chi connectivity index (χ1) is 13.1. The third kappa shape index (κ3) is 10.3. The van der Waals surface area contributed by atoms with Crippen LogP contribution < -0.4 is 10.6 Å². The molecule has 1 heterocycles. The topological polar surface area (TPSA) is 83.0 Å². The summed E-state index contributed by atoms with van der Waals surface area (Å²) in [5, 5.41) is 6.31. The molecule has 2 N–H and O–H groups in total. The van der Waals surface area contributed by atoms with Gasteiger partial charge in [-0.3, -0.25) is 4.99 Å². The molecule has 2 aliphatic rings. The maximum absolute atomic E-state index is 12.4. The number of nitrogens with one attached hydrogen (secondary N) is 2. The van der Waals surface area contributed by atoms with Crippen LogP contribution in [0.1, 0.15) is 45.4 Å². The van der Waals surface area contributed by atoms with Crippen LogP contribution in [0.15, 0.2) is 4.99 Å². The van der Waals surface area contributed by atoms with Crippen molar-refractivity contribution in [2.45, 2.75) is 51.6 Å². The summed E-state index contributed by atoms with van der Waals surface area (Å²) in [6, 6.07) is 0. The smallest absolute Gasteiger partial charge is 0.215 e. The number of sulfonamides is 1. The van der Waals surface area contributed by atoms with Crippen molar-refractivity contribution >= 4 is 51.7 Å². The molecule has 2 fully saturated rings. The summed E-state index contributed by atoms with van der Waals surface area (Å²) in [4.78, 5) is 4.51. The van der Waals surface area contributed by atoms with E-state index in [1.54, 1.807) is 4.31 Å². The Morgan fingerprint density at radius 1 is 1.14 bits per heavy atom. The molecule has 10 heteroatoms. The summed E-state index contributed by atoms with van der Waals surface area (Å²) in [6.45, 7) is 5.56. The Bertz CT molecular complexity index is 535. The van der Waals surface area contributed by atoms with Gasteiger partial charge in [-0.05, 0) is 19.8 Å². The van der Waals surface area contributed by atoms with Gasteiger partial charge in [0.25, 0.3) is 0 Å². The first-order valence-electron chi connectivity index (χ1n) is 10.3. The minimum absolute atomic E-state index is 0. The van der Waals surface area contributed by atoms with Gasteiger partial charge >= 0.3 is 0 Å². The van der Waals surface area contributed by atoms with E-state index in [1.807, 2.05) is 18.7 Å². The van der Waals surface area contributed by atoms with Crippen LogP contribution in [0, 0.1) is 0 Å². The predicted octanol–water partition coefficient (Wildman–Crippen LogP) is 2.28. The zero-order valence-electron chi connectivity index (χ0n) is 17.0. The van der Waals surface area contributed by atoms with E-state index < -0.39 is 10.0 Å². The summed E-state index contributed by atoms with van der Waals surface area (Å²) in [7, 11) is -3.19. The fraction of sp³-hybridized carbons (Fsp3) is 0.944. The molecule has 1 aliphatic carbocycles. The molecule has 0 radical (unpaired) electrons. The highest BCUT2D eigenvalue weighted by atomic mass is 127. The molecule has 0 aromatic carbocycles. The molecule has 1 aliphatic heterocycles. The molecular formula is C18H37IN4O3S2. The molecule has 28 heavy (non-hydrogen) atoms. The third-order valence-corrected chi connectivity index (χ3v) is 7.69. The molecule has 0 unspecified atom stereocenters. The van der Waals surface area contributed by atoms with Gasteiger partial charge in [-0.1, -0.05) is 25.7 Å². The highest BCUT2D eigenvalue weighted by Crippen LogP contribution is 2.19. The van der Waals surface area contributed by atoms with Crippen molar-refractivity contribution < 1.29 is 13.2 Å². The van der Waals surface area contributed by atoms with Crippen LogP contribution in [-0.4, -0.2) is 81.4 Å². The summed E-state index contributed by atoms with van der Waals surface area (Å²) in [5.74, 6) is 2.53. The average Bonchev–Trinajstić information content (AvgIpc) is 2.94. The number of halogens is 1. The lowest BCUT2D eigenvalue weighted by atomic mass is 10.1. The summed E-state index contributed by atoms with van der Waals surface area (Å²) in [6.07, 6.45) is 7.89. The van der Waals surface area contributed by atoms with Gasteiger partial charge in [0.2, 0.25) is 10.0 Å². The number of aliphatic imine (C=N–C) groups is 1. The molecular weight excluding hydrogens is 511 g/mol. The summed E-state index contributed by atoms with van der Waals surface area (Å²) < 4.78 is 32.3. The maximum Gasteiger partial charge on any atom is 0.215 e. The lowest BCUT2D eigenvalue weighted by Gasteiger charge is -2.25. The van der Waals surface area contributed by atoms with Crippen LogP contribution >= 0.6 is 35.7 Å². The van der Waals surface area contributed by atoms with E-state index in [-0.39, 0.29) is 29.7 Å². The molecule has 7 nitrogen and oxygen atoms in total. The molecule has 2 rings (SSSR count). The van der Waals surface area contributed by atoms with E-state index in [1.165, 1.54) is 25.7 Å². The number of rotatable bonds is 9. The second-order valence-corrected chi connectivity index (χ2v) is 10.3. The minimum atomic E-state index is -3.19. The van der Waals surface area contributed by atoms with Gasteiger partial charge in [0.05, 0.1) is 25.0 Å². The monoisotopic (exact) mass is 548 g/mol. The molecule has 0 atom stereocenters. The molecule has 0 aromatic rings. The fourth-order valence-corrected chi connectivity index (χ4v) is 5.87. The SMILES string of the molecule is CCNC(=NCCOC1CCCCCC1)NCCS(=O)(=O)N1CCSCC1.I. The first-order valence-corrected chi connectivity index (χ1v) is 13.1. The van der Waals surface area contributed by atoms with Crippen molar-refractivity contribution in [3.63, 3.8) is 0 Å². The molecule has 0 aromatic heterocycles. The maximum atomic E-state index is 12.4. The molecule has 0 amide bonds. The predicted molar refractivity (Wildman–Crippen MR) is 130 cm³/mol. The van der Waals surface area contributed by atoms with E-state index in [0.29, 0.717) is 44.8 Å². The number of hydrogen-bond acceptors (Lipinski definition) is 5. The van der Waals surface area contributed by atoms with Gasteiger partial charge < -0.3 is 15.4 Å². The summed E-state index contributed by atoms with van der Waals surface area (Å²) >= 11 is 1.81. The zero-order chi connectivity index (χ0) is 19.4. The van der Waals surface area contributed by atoms with Crippen LogP contribution in [0.4, 0.5) is 0 Å². The molecule has 0 spiro atoms. The van der Waals surface area contributed by atoms with E-state index >= 15 is 0 Å². The fourth-order valence-electron chi connectivity index (χ4n) is 3.38. The van der Waals surface area contributed by atoms with Crippen molar-refractivity contribution in [2.24, 2.45) is 4.99 Å². The molecule has 1 saturated heterocycles. The molecule has 0 bridgehead atoms. The van der Waals surface area contributed by atoms with Crippen molar-refractivity contribution in [3.8, 4) is 0 Å². The van der Waals surface area contributed by atoms with Gasteiger partial charge in [-0.15, -0.1) is 24.0 Å². The van der Waals surface area contributed by atoms with Crippen molar-refractivity contribution in [1.29, 1.82) is 0 Å². The highest BCUT2D eigenvalue weighted by Gasteiger charge is 2.23. The van der Waals surface area contributed by atoms with Crippen LogP contribution in [0.3, 0.4) is 0 Å². The first kappa shape index (κ1) is 26.3. The standard InChI is InChI=1S/C18H36N4O3S2.HI/c1-2-19-18(20-9-13-25-17-7-5-3-4-6-8-17)21-10-16-27(23,24)22-11-14-26-15-12-22;/h17H,2-16H2,1H3,(H2,19,20,21);1H. The Hall–Kier alpha value is 0.220. The average molecular weight is 549 g/mol. The number of guanidine groups is 1. The van der Waals surface area contributed by atoms with Gasteiger partial charge in [-0.25, -0.2) is 12.7 Å². The summed E-state index contributed by atoms with van der Waals surface area (Å²) in [5.41, 5.74) is 0. The number of ether oxygens (including phenoxy) is 1. The van der Waals surface area contributed by atoms with E-state index in [0.717, 1.165) is 30.9 Å². The zero-order valence-corrected chi connectivity index (χ0v) is 21.0. The Morgan fingerprint density at radius 3 is 2.46 bits per heavy atom. The lowest BCUT2D eigenvalue weighted by Crippen LogP contribution is -2.44. The van der Waals surface area contributed by atoms with Crippen molar-refractivity contribution in [1.82, 2.24) is 14.9 Å². The second kappa shape index (κ2) is 15.1. The number of hydrogen-bond donors (Lipinski definition) is 2. The quantitative estimate of drug-likeness (QED) is 0.151. The van der Waals surface area contributed by atoms with Crippen molar-refractivity contribution in [2.75, 3.05) is 56.6 Å². The largest absolute Gasteiger partial charge is 0.376 e. The Kier molecular flexibility index (Phi) is 14.1. The molecule has 1 saturated carbocycles. The van der Waals surface area contributed by atoms with Gasteiger partial charge in [0, 0.05) is 37.7 Å². The van der Waals surface area contributed by atoms with Gasteiger partial charge in [0.1, 0.15) is 0 Å². The van der Waals surface area contributed by atoms with Crippen LogP contribution in [0.2, 0.25) is 0 Å². The Morgan fingerprint density at radius 2 is 1.82 bits per heavy atom. The van der Waals surface area contributed by atoms with Crippen molar-refractivity contribution in [3.05, 3.63) is 0 Å². The third-order valence-electron chi connectivity index (χ3n) is 4.88. The van der Waals surface area contributed by atoms with Gasteiger partial charge in [-0.2, -0.15) is 11.8 Å². The van der Waals surface area contributed by atoms with E-state index in [4.69, 9.17) is 4.74 Å².